The number of nitrogens with zero attached hydrogens (tertiary/aromatic N) is 1. The summed E-state index contributed by atoms with van der Waals surface area (Å²) in [6, 6.07) is 2.18. The summed E-state index contributed by atoms with van der Waals surface area (Å²) in [6.07, 6.45) is 1.85. The van der Waals surface area contributed by atoms with E-state index >= 15 is 0 Å². The smallest absolute Gasteiger partial charge is 0.341 e. The summed E-state index contributed by atoms with van der Waals surface area (Å²) in [5, 5.41) is 2.47. The third-order valence-corrected chi connectivity index (χ3v) is 3.14. The van der Waals surface area contributed by atoms with Gasteiger partial charge in [-0.3, -0.25) is 4.79 Å². The van der Waals surface area contributed by atoms with E-state index in [9.17, 15) is 14.4 Å². The lowest BCUT2D eigenvalue weighted by molar-refractivity contribution is -0.145. The standard InChI is InChI=1S/C15H19ClN2O5/c1-9(2)7-11(15(21)22-3)18-12(19)8-23-14(20)10-5-4-6-17-13(10)16/h4-6,9,11H,7-8H2,1-3H3,(H,18,19)/t11-/m1/s1. The molecule has 126 valence electrons. The summed E-state index contributed by atoms with van der Waals surface area (Å²) in [4.78, 5) is 39.0. The molecule has 1 amide bonds. The quantitative estimate of drug-likeness (QED) is 0.597. The molecule has 1 atom stereocenters. The van der Waals surface area contributed by atoms with Crippen molar-refractivity contribution in [3.8, 4) is 0 Å². The van der Waals surface area contributed by atoms with Crippen molar-refractivity contribution in [1.82, 2.24) is 10.3 Å². The first kappa shape index (κ1) is 18.9. The molecule has 1 heterocycles. The van der Waals surface area contributed by atoms with Gasteiger partial charge in [0.05, 0.1) is 12.7 Å². The van der Waals surface area contributed by atoms with Gasteiger partial charge in [-0.2, -0.15) is 0 Å². The zero-order valence-corrected chi connectivity index (χ0v) is 13.9. The minimum absolute atomic E-state index is 0.00912. The SMILES string of the molecule is COC(=O)[C@@H](CC(C)C)NC(=O)COC(=O)c1cccnc1Cl. The lowest BCUT2D eigenvalue weighted by Gasteiger charge is -2.18. The Kier molecular flexibility index (Phi) is 7.47. The predicted octanol–water partition coefficient (Wildman–Crippen LogP) is 1.60. The molecule has 1 rings (SSSR count). The number of pyridine rings is 1. The van der Waals surface area contributed by atoms with Crippen LogP contribution in [0.25, 0.3) is 0 Å². The van der Waals surface area contributed by atoms with Gasteiger partial charge in [-0.25, -0.2) is 14.6 Å². The molecule has 1 aromatic heterocycles. The number of nitrogens with one attached hydrogen (secondary N) is 1. The molecule has 7 nitrogen and oxygen atoms in total. The topological polar surface area (TPSA) is 94.6 Å². The third-order valence-electron chi connectivity index (χ3n) is 2.84. The molecule has 0 radical (unpaired) electrons. The number of carbonyl (C=O) groups is 3. The van der Waals surface area contributed by atoms with Crippen molar-refractivity contribution in [2.45, 2.75) is 26.3 Å². The van der Waals surface area contributed by atoms with Gasteiger partial charge in [-0.15, -0.1) is 0 Å². The number of carbonyl (C=O) groups excluding carboxylic acids is 3. The first-order valence-corrected chi connectivity index (χ1v) is 7.37. The zero-order valence-electron chi connectivity index (χ0n) is 13.2. The highest BCUT2D eigenvalue weighted by atomic mass is 35.5. The van der Waals surface area contributed by atoms with Gasteiger partial charge < -0.3 is 14.8 Å². The van der Waals surface area contributed by atoms with Crippen LogP contribution in [0.15, 0.2) is 18.3 Å². The highest BCUT2D eigenvalue weighted by Gasteiger charge is 2.23. The van der Waals surface area contributed by atoms with Gasteiger partial charge >= 0.3 is 11.9 Å². The summed E-state index contributed by atoms with van der Waals surface area (Å²) in [5.74, 6) is -1.74. The number of amides is 1. The Hall–Kier alpha value is -2.15. The molecule has 0 aromatic carbocycles. The van der Waals surface area contributed by atoms with Crippen molar-refractivity contribution in [3.63, 3.8) is 0 Å². The molecule has 0 spiro atoms. The minimum Gasteiger partial charge on any atom is -0.467 e. The maximum atomic E-state index is 11.8. The molecule has 0 bridgehead atoms. The molecule has 1 aromatic rings. The monoisotopic (exact) mass is 342 g/mol. The molecule has 23 heavy (non-hydrogen) atoms. The van der Waals surface area contributed by atoms with Crippen LogP contribution in [0.5, 0.6) is 0 Å². The lowest BCUT2D eigenvalue weighted by atomic mass is 10.0. The summed E-state index contributed by atoms with van der Waals surface area (Å²) in [5.41, 5.74) is 0.0636. The number of halogens is 1. The molecule has 0 saturated carbocycles. The average molecular weight is 343 g/mol. The van der Waals surface area contributed by atoms with Crippen LogP contribution < -0.4 is 5.32 Å². The van der Waals surface area contributed by atoms with E-state index in [1.807, 2.05) is 13.8 Å². The third kappa shape index (κ3) is 6.23. The van der Waals surface area contributed by atoms with E-state index in [1.54, 1.807) is 0 Å². The lowest BCUT2D eigenvalue weighted by Crippen LogP contribution is -2.44. The van der Waals surface area contributed by atoms with Gasteiger partial charge in [-0.05, 0) is 24.5 Å². The van der Waals surface area contributed by atoms with Crippen LogP contribution in [-0.4, -0.2) is 42.6 Å². The van der Waals surface area contributed by atoms with E-state index < -0.39 is 30.5 Å². The fraction of sp³-hybridized carbons (Fsp3) is 0.467. The van der Waals surface area contributed by atoms with Crippen LogP contribution in [0.2, 0.25) is 5.15 Å². The average Bonchev–Trinajstić information content (AvgIpc) is 2.51. The van der Waals surface area contributed by atoms with E-state index in [0.29, 0.717) is 6.42 Å². The van der Waals surface area contributed by atoms with Gasteiger partial charge in [0, 0.05) is 6.20 Å². The Labute approximate surface area is 139 Å². The Balaban J connectivity index is 2.56. The summed E-state index contributed by atoms with van der Waals surface area (Å²) < 4.78 is 9.50. The Morgan fingerprint density at radius 3 is 2.61 bits per heavy atom. The Morgan fingerprint density at radius 1 is 1.35 bits per heavy atom. The van der Waals surface area contributed by atoms with E-state index in [2.05, 4.69) is 15.0 Å². The summed E-state index contributed by atoms with van der Waals surface area (Å²) >= 11 is 5.76. The van der Waals surface area contributed by atoms with Crippen molar-refractivity contribution >= 4 is 29.4 Å². The van der Waals surface area contributed by atoms with E-state index in [0.717, 1.165) is 0 Å². The molecular weight excluding hydrogens is 324 g/mol. The van der Waals surface area contributed by atoms with Gasteiger partial charge in [-0.1, -0.05) is 25.4 Å². The number of esters is 2. The molecule has 1 N–H and O–H groups in total. The van der Waals surface area contributed by atoms with Crippen molar-refractivity contribution in [2.75, 3.05) is 13.7 Å². The Bertz CT molecular complexity index is 577. The molecule has 0 aliphatic carbocycles. The number of hydrogen-bond acceptors (Lipinski definition) is 6. The molecule has 0 fully saturated rings. The highest BCUT2D eigenvalue weighted by Crippen LogP contribution is 2.12. The van der Waals surface area contributed by atoms with Crippen LogP contribution in [0.3, 0.4) is 0 Å². The molecular formula is C15H19ClN2O5. The fourth-order valence-corrected chi connectivity index (χ4v) is 2.01. The first-order valence-electron chi connectivity index (χ1n) is 7.00. The predicted molar refractivity (Wildman–Crippen MR) is 82.9 cm³/mol. The zero-order chi connectivity index (χ0) is 17.4. The second kappa shape index (κ2) is 9.09. The van der Waals surface area contributed by atoms with Crippen molar-refractivity contribution < 1.29 is 23.9 Å². The molecule has 0 saturated heterocycles. The minimum atomic E-state index is -0.784. The highest BCUT2D eigenvalue weighted by molar-refractivity contribution is 6.32. The van der Waals surface area contributed by atoms with Gasteiger partial charge in [0.25, 0.3) is 5.91 Å². The first-order chi connectivity index (χ1) is 10.8. The maximum absolute atomic E-state index is 11.8. The van der Waals surface area contributed by atoms with Crippen LogP contribution in [0, 0.1) is 5.92 Å². The molecule has 8 heteroatoms. The van der Waals surface area contributed by atoms with Crippen molar-refractivity contribution in [1.29, 1.82) is 0 Å². The number of rotatable bonds is 7. The van der Waals surface area contributed by atoms with E-state index in [1.165, 1.54) is 25.4 Å². The fourth-order valence-electron chi connectivity index (χ4n) is 1.81. The molecule has 0 aliphatic heterocycles. The number of ether oxygens (including phenoxy) is 2. The molecule has 0 aliphatic rings. The second-order valence-corrected chi connectivity index (χ2v) is 5.55. The summed E-state index contributed by atoms with van der Waals surface area (Å²) in [7, 11) is 1.24. The second-order valence-electron chi connectivity index (χ2n) is 5.19. The largest absolute Gasteiger partial charge is 0.467 e. The van der Waals surface area contributed by atoms with E-state index in [4.69, 9.17) is 16.3 Å². The van der Waals surface area contributed by atoms with Crippen LogP contribution in [0.4, 0.5) is 0 Å². The van der Waals surface area contributed by atoms with Crippen LogP contribution >= 0.6 is 11.6 Å². The van der Waals surface area contributed by atoms with Gasteiger partial charge in [0.15, 0.2) is 6.61 Å². The number of aromatic nitrogens is 1. The number of methoxy groups -OCH3 is 1. The van der Waals surface area contributed by atoms with Crippen molar-refractivity contribution in [3.05, 3.63) is 29.0 Å². The normalized spacial score (nSPS) is 11.7. The van der Waals surface area contributed by atoms with Gasteiger partial charge in [0.2, 0.25) is 0 Å². The molecule has 0 unspecified atom stereocenters. The van der Waals surface area contributed by atoms with Crippen molar-refractivity contribution in [2.24, 2.45) is 5.92 Å². The Morgan fingerprint density at radius 2 is 2.04 bits per heavy atom. The van der Waals surface area contributed by atoms with E-state index in [-0.39, 0.29) is 16.6 Å². The maximum Gasteiger partial charge on any atom is 0.341 e. The van der Waals surface area contributed by atoms with Gasteiger partial charge in [0.1, 0.15) is 11.2 Å². The number of hydrogen-bond donors (Lipinski definition) is 1. The van der Waals surface area contributed by atoms with Crippen LogP contribution in [0.1, 0.15) is 30.6 Å². The van der Waals surface area contributed by atoms with Crippen LogP contribution in [-0.2, 0) is 19.1 Å². The summed E-state index contributed by atoms with van der Waals surface area (Å²) in [6.45, 7) is 3.29.